The van der Waals surface area contributed by atoms with Crippen LogP contribution in [0.2, 0.25) is 10.0 Å². The molecular formula is C20H30Cl2N4. The second-order valence-corrected chi connectivity index (χ2v) is 8.27. The largest absolute Gasteiger partial charge is 0.356 e. The minimum absolute atomic E-state index is 0.690. The molecule has 4 nitrogen and oxygen atoms in total. The van der Waals surface area contributed by atoms with Gasteiger partial charge in [0.25, 0.3) is 0 Å². The summed E-state index contributed by atoms with van der Waals surface area (Å²) in [6.07, 6.45) is 5.98. The average Bonchev–Trinajstić information content (AvgIpc) is 3.29. The summed E-state index contributed by atoms with van der Waals surface area (Å²) < 4.78 is 0. The highest BCUT2D eigenvalue weighted by atomic mass is 35.5. The maximum Gasteiger partial charge on any atom is 0.193 e. The van der Waals surface area contributed by atoms with Crippen LogP contribution in [-0.4, -0.2) is 62.1 Å². The van der Waals surface area contributed by atoms with E-state index < -0.39 is 0 Å². The van der Waals surface area contributed by atoms with Gasteiger partial charge < -0.3 is 15.1 Å². The fraction of sp³-hybridized carbons (Fsp3) is 0.650. The van der Waals surface area contributed by atoms with E-state index in [1.165, 1.54) is 38.9 Å². The minimum atomic E-state index is 0.690. The molecule has 0 aliphatic carbocycles. The van der Waals surface area contributed by atoms with Gasteiger partial charge >= 0.3 is 0 Å². The van der Waals surface area contributed by atoms with Crippen LogP contribution in [0.25, 0.3) is 0 Å². The zero-order valence-electron chi connectivity index (χ0n) is 15.7. The molecule has 1 aromatic rings. The van der Waals surface area contributed by atoms with Crippen LogP contribution in [0, 0.1) is 5.92 Å². The van der Waals surface area contributed by atoms with Crippen LogP contribution in [0.4, 0.5) is 0 Å². The first-order valence-electron chi connectivity index (χ1n) is 9.77. The topological polar surface area (TPSA) is 30.9 Å². The third kappa shape index (κ3) is 5.51. The number of aryl methyl sites for hydroxylation is 1. The Morgan fingerprint density at radius 2 is 2.04 bits per heavy atom. The van der Waals surface area contributed by atoms with Crippen molar-refractivity contribution in [1.29, 1.82) is 0 Å². The van der Waals surface area contributed by atoms with Gasteiger partial charge in [0.05, 0.1) is 0 Å². The molecule has 144 valence electrons. The molecule has 1 aromatic carbocycles. The van der Waals surface area contributed by atoms with Gasteiger partial charge in [0, 0.05) is 43.3 Å². The molecule has 1 unspecified atom stereocenters. The van der Waals surface area contributed by atoms with E-state index in [0.717, 1.165) is 54.9 Å². The predicted octanol–water partition coefficient (Wildman–Crippen LogP) is 3.92. The second kappa shape index (κ2) is 9.82. The third-order valence-electron chi connectivity index (χ3n) is 5.43. The van der Waals surface area contributed by atoms with Crippen molar-refractivity contribution in [1.82, 2.24) is 15.1 Å². The minimum Gasteiger partial charge on any atom is -0.356 e. The Kier molecular flexibility index (Phi) is 7.47. The summed E-state index contributed by atoms with van der Waals surface area (Å²) in [5, 5.41) is 4.97. The van der Waals surface area contributed by atoms with Gasteiger partial charge in [0.15, 0.2) is 5.96 Å². The lowest BCUT2D eigenvalue weighted by Gasteiger charge is -2.23. The normalized spacial score (nSPS) is 21.6. The molecule has 1 N–H and O–H groups in total. The summed E-state index contributed by atoms with van der Waals surface area (Å²) in [5.74, 6) is 1.82. The lowest BCUT2D eigenvalue weighted by atomic mass is 10.1. The van der Waals surface area contributed by atoms with Crippen LogP contribution in [0.3, 0.4) is 0 Å². The van der Waals surface area contributed by atoms with Gasteiger partial charge in [-0.25, -0.2) is 0 Å². The van der Waals surface area contributed by atoms with Crippen molar-refractivity contribution >= 4 is 29.2 Å². The lowest BCUT2D eigenvalue weighted by molar-refractivity contribution is 0.281. The Hall–Kier alpha value is -0.970. The fourth-order valence-corrected chi connectivity index (χ4v) is 4.54. The molecule has 6 heteroatoms. The van der Waals surface area contributed by atoms with E-state index in [0.29, 0.717) is 5.02 Å². The van der Waals surface area contributed by atoms with Crippen LogP contribution >= 0.6 is 23.2 Å². The zero-order chi connectivity index (χ0) is 18.4. The third-order valence-corrected chi connectivity index (χ3v) is 6.02. The van der Waals surface area contributed by atoms with Crippen LogP contribution in [-0.2, 0) is 6.42 Å². The fourth-order valence-electron chi connectivity index (χ4n) is 4.04. The van der Waals surface area contributed by atoms with Crippen molar-refractivity contribution in [3.8, 4) is 0 Å². The number of aliphatic imine (C=N–C) groups is 1. The first-order valence-corrected chi connectivity index (χ1v) is 10.5. The Labute approximate surface area is 167 Å². The molecule has 0 radical (unpaired) electrons. The summed E-state index contributed by atoms with van der Waals surface area (Å²) in [6, 6.07) is 5.73. The van der Waals surface area contributed by atoms with Crippen LogP contribution in [0.1, 0.15) is 31.2 Å². The van der Waals surface area contributed by atoms with Gasteiger partial charge in [0.2, 0.25) is 0 Å². The summed E-state index contributed by atoms with van der Waals surface area (Å²) in [6.45, 7) is 6.97. The molecule has 2 heterocycles. The monoisotopic (exact) mass is 396 g/mol. The van der Waals surface area contributed by atoms with Crippen molar-refractivity contribution in [2.75, 3.05) is 46.3 Å². The molecule has 26 heavy (non-hydrogen) atoms. The highest BCUT2D eigenvalue weighted by Gasteiger charge is 2.27. The standard InChI is InChI=1S/C20H30Cl2N4/c1-23-20(24-9-4-5-17-6-7-18(21)13-19(17)22)26-12-8-16(15-26)14-25-10-2-3-11-25/h6-7,13,16H,2-5,8-12,14-15H2,1H3,(H,23,24). The van der Waals surface area contributed by atoms with Gasteiger partial charge in [-0.3, -0.25) is 4.99 Å². The zero-order valence-corrected chi connectivity index (χ0v) is 17.2. The van der Waals surface area contributed by atoms with Crippen LogP contribution < -0.4 is 5.32 Å². The summed E-state index contributed by atoms with van der Waals surface area (Å²) in [5.41, 5.74) is 1.15. The van der Waals surface area contributed by atoms with Gasteiger partial charge in [-0.15, -0.1) is 0 Å². The number of benzene rings is 1. The average molecular weight is 397 g/mol. The number of likely N-dealkylation sites (tertiary alicyclic amines) is 2. The molecule has 0 saturated carbocycles. The van der Waals surface area contributed by atoms with Gasteiger partial charge in [-0.2, -0.15) is 0 Å². The Morgan fingerprint density at radius 1 is 1.23 bits per heavy atom. The van der Waals surface area contributed by atoms with Crippen molar-refractivity contribution in [3.05, 3.63) is 33.8 Å². The number of hydrogen-bond acceptors (Lipinski definition) is 2. The lowest BCUT2D eigenvalue weighted by Crippen LogP contribution is -2.41. The number of guanidine groups is 1. The van der Waals surface area contributed by atoms with E-state index in [1.807, 2.05) is 25.2 Å². The number of halogens is 2. The number of nitrogens with zero attached hydrogens (tertiary/aromatic N) is 3. The molecular weight excluding hydrogens is 367 g/mol. The highest BCUT2D eigenvalue weighted by molar-refractivity contribution is 6.35. The van der Waals surface area contributed by atoms with Crippen molar-refractivity contribution in [3.63, 3.8) is 0 Å². The predicted molar refractivity (Wildman–Crippen MR) is 111 cm³/mol. The Bertz CT molecular complexity index is 614. The number of hydrogen-bond donors (Lipinski definition) is 1. The molecule has 3 rings (SSSR count). The maximum absolute atomic E-state index is 6.25. The molecule has 2 aliphatic rings. The highest BCUT2D eigenvalue weighted by Crippen LogP contribution is 2.22. The van der Waals surface area contributed by atoms with E-state index in [9.17, 15) is 0 Å². The second-order valence-electron chi connectivity index (χ2n) is 7.42. The number of nitrogens with one attached hydrogen (secondary N) is 1. The van der Waals surface area contributed by atoms with E-state index in [4.69, 9.17) is 23.2 Å². The Morgan fingerprint density at radius 3 is 2.77 bits per heavy atom. The summed E-state index contributed by atoms with van der Waals surface area (Å²) in [7, 11) is 1.88. The smallest absolute Gasteiger partial charge is 0.193 e. The van der Waals surface area contributed by atoms with E-state index in [1.54, 1.807) is 0 Å². The van der Waals surface area contributed by atoms with E-state index in [-0.39, 0.29) is 0 Å². The van der Waals surface area contributed by atoms with Gasteiger partial charge in [-0.1, -0.05) is 29.3 Å². The van der Waals surface area contributed by atoms with Gasteiger partial charge in [0.1, 0.15) is 0 Å². The molecule has 0 amide bonds. The van der Waals surface area contributed by atoms with Gasteiger partial charge in [-0.05, 0) is 68.8 Å². The first-order chi connectivity index (χ1) is 12.7. The molecule has 2 fully saturated rings. The molecule has 0 spiro atoms. The van der Waals surface area contributed by atoms with Crippen LogP contribution in [0.5, 0.6) is 0 Å². The van der Waals surface area contributed by atoms with E-state index in [2.05, 4.69) is 20.1 Å². The molecule has 2 saturated heterocycles. The molecule has 0 aromatic heterocycles. The first kappa shape index (κ1) is 19.8. The van der Waals surface area contributed by atoms with Crippen molar-refractivity contribution in [2.24, 2.45) is 10.9 Å². The number of rotatable bonds is 6. The quantitative estimate of drug-likeness (QED) is 0.449. The van der Waals surface area contributed by atoms with E-state index >= 15 is 0 Å². The maximum atomic E-state index is 6.25. The van der Waals surface area contributed by atoms with Crippen molar-refractivity contribution in [2.45, 2.75) is 32.1 Å². The molecule has 0 bridgehead atoms. The summed E-state index contributed by atoms with van der Waals surface area (Å²) in [4.78, 5) is 9.52. The SMILES string of the molecule is CN=C(NCCCc1ccc(Cl)cc1Cl)N1CCC(CN2CCCC2)C1. The Balaban J connectivity index is 1.39. The molecule has 1 atom stereocenters. The van der Waals surface area contributed by atoms with Crippen molar-refractivity contribution < 1.29 is 0 Å². The molecule has 2 aliphatic heterocycles. The summed E-state index contributed by atoms with van der Waals surface area (Å²) >= 11 is 12.2. The van der Waals surface area contributed by atoms with Crippen LogP contribution in [0.15, 0.2) is 23.2 Å².